The highest BCUT2D eigenvalue weighted by molar-refractivity contribution is 7.89. The van der Waals surface area contributed by atoms with Gasteiger partial charge in [0, 0.05) is 11.7 Å². The van der Waals surface area contributed by atoms with Crippen LogP contribution in [0.5, 0.6) is 5.88 Å². The number of methoxy groups -OCH3 is 1. The van der Waals surface area contributed by atoms with Gasteiger partial charge in [-0.2, -0.15) is 0 Å². The van der Waals surface area contributed by atoms with Gasteiger partial charge in [-0.05, 0) is 52.0 Å². The van der Waals surface area contributed by atoms with Crippen LogP contribution in [0.25, 0.3) is 0 Å². The fraction of sp³-hybridized carbons (Fsp3) is 0.706. The molecule has 1 aliphatic carbocycles. The average molecular weight is 382 g/mol. The maximum absolute atomic E-state index is 12.4. The quantitative estimate of drug-likeness (QED) is 0.796. The molecule has 0 unspecified atom stereocenters. The number of nitrogens with zero attached hydrogens (tertiary/aromatic N) is 1. The van der Waals surface area contributed by atoms with E-state index in [0.717, 1.165) is 25.7 Å². The van der Waals surface area contributed by atoms with Crippen LogP contribution in [0.2, 0.25) is 0 Å². The Balaban J connectivity index is 2.20. The van der Waals surface area contributed by atoms with E-state index in [0.29, 0.717) is 11.0 Å². The molecule has 7 nitrogen and oxygen atoms in total. The Hall–Kier alpha value is -1.16. The first-order valence-electron chi connectivity index (χ1n) is 8.93. The third-order valence-corrected chi connectivity index (χ3v) is 6.78. The second-order valence-corrected chi connectivity index (χ2v) is 9.58. The van der Waals surface area contributed by atoms with E-state index in [1.165, 1.54) is 7.11 Å². The summed E-state index contributed by atoms with van der Waals surface area (Å²) < 4.78 is 42.3. The smallest absolute Gasteiger partial charge is 0.480 e. The van der Waals surface area contributed by atoms with Gasteiger partial charge in [0.25, 0.3) is 0 Å². The van der Waals surface area contributed by atoms with E-state index in [4.69, 9.17) is 19.2 Å². The molecule has 1 aliphatic heterocycles. The third-order valence-electron chi connectivity index (χ3n) is 5.82. The summed E-state index contributed by atoms with van der Waals surface area (Å²) in [5, 5.41) is 5.55. The molecule has 1 saturated carbocycles. The van der Waals surface area contributed by atoms with Gasteiger partial charge in [0.05, 0.1) is 18.3 Å². The summed E-state index contributed by atoms with van der Waals surface area (Å²) in [6, 6.07) is 0. The van der Waals surface area contributed by atoms with E-state index in [1.54, 1.807) is 6.20 Å². The molecule has 0 atom stereocenters. The van der Waals surface area contributed by atoms with E-state index >= 15 is 0 Å². The standard InChI is InChI=1S/C17H27BN2O5S/c1-16(2)17(3,4)25-18(24-16)12-10-20-15(23-5)14(26(19,21)22)13(12)11-8-6-7-9-11/h10-11H,6-9H2,1-5H3,(H2,19,21,22). The van der Waals surface area contributed by atoms with Gasteiger partial charge < -0.3 is 14.0 Å². The zero-order chi connectivity index (χ0) is 19.3. The van der Waals surface area contributed by atoms with Crippen molar-refractivity contribution in [2.75, 3.05) is 7.11 Å². The summed E-state index contributed by atoms with van der Waals surface area (Å²) in [7, 11) is -3.33. The highest BCUT2D eigenvalue weighted by Gasteiger charge is 2.53. The Morgan fingerprint density at radius 1 is 1.19 bits per heavy atom. The summed E-state index contributed by atoms with van der Waals surface area (Å²) in [6.45, 7) is 7.83. The first-order chi connectivity index (χ1) is 12.0. The molecule has 9 heteroatoms. The number of rotatable bonds is 4. The second kappa shape index (κ2) is 6.47. The normalized spacial score (nSPS) is 22.8. The minimum absolute atomic E-state index is 0.0228. The molecule has 0 bridgehead atoms. The molecule has 0 aromatic carbocycles. The highest BCUT2D eigenvalue weighted by Crippen LogP contribution is 2.41. The van der Waals surface area contributed by atoms with Crippen LogP contribution in [0.1, 0.15) is 64.9 Å². The van der Waals surface area contributed by atoms with Crippen LogP contribution >= 0.6 is 0 Å². The highest BCUT2D eigenvalue weighted by atomic mass is 32.2. The zero-order valence-corrected chi connectivity index (χ0v) is 16.9. The predicted octanol–water partition coefficient (Wildman–Crippen LogP) is 1.69. The summed E-state index contributed by atoms with van der Waals surface area (Å²) in [5.41, 5.74) is 0.189. The van der Waals surface area contributed by atoms with Gasteiger partial charge in [-0.25, -0.2) is 18.5 Å². The molecular formula is C17H27BN2O5S. The average Bonchev–Trinajstić information content (AvgIpc) is 3.11. The molecule has 0 radical (unpaired) electrons. The molecule has 144 valence electrons. The van der Waals surface area contributed by atoms with Crippen LogP contribution < -0.4 is 15.3 Å². The van der Waals surface area contributed by atoms with Crippen molar-refractivity contribution < 1.29 is 22.5 Å². The number of hydrogen-bond donors (Lipinski definition) is 1. The molecule has 0 amide bonds. The fourth-order valence-electron chi connectivity index (χ4n) is 3.72. The van der Waals surface area contributed by atoms with Crippen LogP contribution in [0, 0.1) is 0 Å². The van der Waals surface area contributed by atoms with Gasteiger partial charge in [-0.3, -0.25) is 0 Å². The molecule has 2 N–H and O–H groups in total. The molecule has 1 aromatic rings. The Bertz CT molecular complexity index is 788. The van der Waals surface area contributed by atoms with Crippen LogP contribution in [-0.4, -0.2) is 38.8 Å². The summed E-state index contributed by atoms with van der Waals surface area (Å²) in [6.07, 6.45) is 5.47. The van der Waals surface area contributed by atoms with E-state index in [2.05, 4.69) is 4.98 Å². The van der Waals surface area contributed by atoms with Crippen molar-refractivity contribution in [3.8, 4) is 5.88 Å². The Morgan fingerprint density at radius 2 is 1.73 bits per heavy atom. The molecular weight excluding hydrogens is 355 g/mol. The SMILES string of the molecule is COc1ncc(B2OC(C)(C)C(C)(C)O2)c(C2CCCC2)c1S(N)(=O)=O. The number of hydrogen-bond acceptors (Lipinski definition) is 6. The number of pyridine rings is 1. The zero-order valence-electron chi connectivity index (χ0n) is 16.0. The molecule has 2 heterocycles. The van der Waals surface area contributed by atoms with Crippen molar-refractivity contribution in [2.24, 2.45) is 5.14 Å². The van der Waals surface area contributed by atoms with Crippen molar-refractivity contribution in [3.05, 3.63) is 11.8 Å². The van der Waals surface area contributed by atoms with Crippen molar-refractivity contribution in [3.63, 3.8) is 0 Å². The van der Waals surface area contributed by atoms with E-state index in [-0.39, 0.29) is 16.7 Å². The van der Waals surface area contributed by atoms with E-state index in [1.807, 2.05) is 27.7 Å². The number of ether oxygens (including phenoxy) is 1. The maximum Gasteiger partial charge on any atom is 0.496 e. The minimum Gasteiger partial charge on any atom is -0.480 e. The van der Waals surface area contributed by atoms with Crippen LogP contribution in [0.15, 0.2) is 11.1 Å². The molecule has 1 saturated heterocycles. The molecule has 26 heavy (non-hydrogen) atoms. The monoisotopic (exact) mass is 382 g/mol. The van der Waals surface area contributed by atoms with Crippen molar-refractivity contribution >= 4 is 22.6 Å². The Kier molecular flexibility index (Phi) is 4.88. The fourth-order valence-corrected chi connectivity index (χ4v) is 4.69. The molecule has 0 spiro atoms. The second-order valence-electron chi connectivity index (χ2n) is 8.08. The van der Waals surface area contributed by atoms with Crippen molar-refractivity contribution in [1.29, 1.82) is 0 Å². The lowest BCUT2D eigenvalue weighted by Gasteiger charge is -2.32. The molecule has 2 fully saturated rings. The Labute approximate surface area is 155 Å². The van der Waals surface area contributed by atoms with Gasteiger partial charge >= 0.3 is 7.12 Å². The Morgan fingerprint density at radius 3 is 2.19 bits per heavy atom. The van der Waals surface area contributed by atoms with E-state index in [9.17, 15) is 8.42 Å². The number of sulfonamides is 1. The first kappa shape index (κ1) is 19.6. The summed E-state index contributed by atoms with van der Waals surface area (Å²) in [4.78, 5) is 4.15. The largest absolute Gasteiger partial charge is 0.496 e. The van der Waals surface area contributed by atoms with Gasteiger partial charge in [-0.1, -0.05) is 12.8 Å². The number of aromatic nitrogens is 1. The van der Waals surface area contributed by atoms with Gasteiger partial charge in [0.1, 0.15) is 4.90 Å². The lowest BCUT2D eigenvalue weighted by molar-refractivity contribution is 0.00578. The van der Waals surface area contributed by atoms with Gasteiger partial charge in [-0.15, -0.1) is 0 Å². The van der Waals surface area contributed by atoms with Gasteiger partial charge in [0.2, 0.25) is 15.9 Å². The first-order valence-corrected chi connectivity index (χ1v) is 10.5. The predicted molar refractivity (Wildman–Crippen MR) is 99.1 cm³/mol. The van der Waals surface area contributed by atoms with Crippen LogP contribution in [-0.2, 0) is 19.3 Å². The van der Waals surface area contributed by atoms with Gasteiger partial charge in [0.15, 0.2) is 0 Å². The number of primary sulfonamides is 1. The van der Waals surface area contributed by atoms with Crippen LogP contribution in [0.4, 0.5) is 0 Å². The molecule has 1 aromatic heterocycles. The van der Waals surface area contributed by atoms with Crippen molar-refractivity contribution in [2.45, 2.75) is 75.4 Å². The third kappa shape index (κ3) is 3.26. The minimum atomic E-state index is -4.02. The number of nitrogens with two attached hydrogens (primary N) is 1. The van der Waals surface area contributed by atoms with Crippen LogP contribution in [0.3, 0.4) is 0 Å². The topological polar surface area (TPSA) is 101 Å². The molecule has 3 rings (SSSR count). The lowest BCUT2D eigenvalue weighted by atomic mass is 9.73. The lowest BCUT2D eigenvalue weighted by Crippen LogP contribution is -2.41. The van der Waals surface area contributed by atoms with E-state index < -0.39 is 28.3 Å². The maximum atomic E-state index is 12.4. The summed E-state index contributed by atoms with van der Waals surface area (Å²) >= 11 is 0. The summed E-state index contributed by atoms with van der Waals surface area (Å²) in [5.74, 6) is 0.0870. The van der Waals surface area contributed by atoms with Crippen molar-refractivity contribution in [1.82, 2.24) is 4.98 Å². The molecule has 2 aliphatic rings.